The maximum absolute atomic E-state index is 13.9. The molecule has 102 valence electrons. The Bertz CT molecular complexity index is 657. The Morgan fingerprint density at radius 2 is 2.05 bits per heavy atom. The summed E-state index contributed by atoms with van der Waals surface area (Å²) in [5.41, 5.74) is 2.07. The molecule has 0 amide bonds. The third-order valence-corrected chi connectivity index (χ3v) is 4.00. The molecule has 0 spiro atoms. The molecule has 1 atom stereocenters. The Morgan fingerprint density at radius 1 is 1.37 bits per heavy atom. The Labute approximate surface area is 117 Å². The van der Waals surface area contributed by atoms with Crippen molar-refractivity contribution in [3.8, 4) is 11.3 Å². The molecule has 0 aliphatic rings. The monoisotopic (exact) mass is 302 g/mol. The number of rotatable bonds is 3. The number of hydrogen-bond donors (Lipinski definition) is 0. The van der Waals surface area contributed by atoms with E-state index >= 15 is 0 Å². The molecule has 0 saturated carbocycles. The van der Waals surface area contributed by atoms with E-state index in [9.17, 15) is 8.60 Å². The van der Waals surface area contributed by atoms with E-state index in [0.717, 1.165) is 5.56 Å². The topological polar surface area (TPSA) is 44.1 Å². The number of nitrogens with zero attached hydrogens (tertiary/aromatic N) is 2. The largest absolute Gasteiger partial charge is 0.285 e. The van der Waals surface area contributed by atoms with Gasteiger partial charge in [-0.3, -0.25) is 4.18 Å². The van der Waals surface area contributed by atoms with E-state index in [1.807, 2.05) is 0 Å². The Morgan fingerprint density at radius 3 is 2.68 bits per heavy atom. The van der Waals surface area contributed by atoms with Crippen LogP contribution in [0, 0.1) is 19.7 Å². The minimum atomic E-state index is -1.71. The molecule has 0 bridgehead atoms. The fourth-order valence-electron chi connectivity index (χ4n) is 1.67. The quantitative estimate of drug-likeness (QED) is 0.875. The highest BCUT2D eigenvalue weighted by molar-refractivity contribution is 7.78. The van der Waals surface area contributed by atoms with E-state index in [1.54, 1.807) is 26.0 Å². The van der Waals surface area contributed by atoms with Gasteiger partial charge in [-0.25, -0.2) is 8.60 Å². The Hall–Kier alpha value is -1.24. The molecule has 1 aromatic heterocycles. The van der Waals surface area contributed by atoms with Gasteiger partial charge in [0.2, 0.25) is 0 Å². The van der Waals surface area contributed by atoms with Crippen LogP contribution < -0.4 is 0 Å². The van der Waals surface area contributed by atoms with Gasteiger partial charge in [-0.2, -0.15) is 9.19 Å². The summed E-state index contributed by atoms with van der Waals surface area (Å²) in [5, 5.41) is 4.45. The highest BCUT2D eigenvalue weighted by atomic mass is 35.5. The van der Waals surface area contributed by atoms with Crippen LogP contribution in [-0.4, -0.2) is 20.5 Å². The van der Waals surface area contributed by atoms with E-state index in [1.165, 1.54) is 17.3 Å². The van der Waals surface area contributed by atoms with Crippen molar-refractivity contribution in [3.63, 3.8) is 0 Å². The van der Waals surface area contributed by atoms with Gasteiger partial charge >= 0.3 is 0 Å². The molecule has 0 N–H and O–H groups in total. The molecule has 0 saturated heterocycles. The maximum atomic E-state index is 13.9. The van der Waals surface area contributed by atoms with Gasteiger partial charge in [0, 0.05) is 10.6 Å². The van der Waals surface area contributed by atoms with Crippen LogP contribution in [0.25, 0.3) is 11.3 Å². The fourth-order valence-corrected chi connectivity index (χ4v) is 2.40. The molecular formula is C12H12ClFN2O2S. The van der Waals surface area contributed by atoms with Crippen LogP contribution >= 0.6 is 11.6 Å². The van der Waals surface area contributed by atoms with Crippen molar-refractivity contribution in [1.29, 1.82) is 0 Å². The van der Waals surface area contributed by atoms with Crippen molar-refractivity contribution in [2.45, 2.75) is 13.8 Å². The lowest BCUT2D eigenvalue weighted by Gasteiger charge is -2.03. The van der Waals surface area contributed by atoms with Crippen LogP contribution in [0.1, 0.15) is 11.3 Å². The van der Waals surface area contributed by atoms with E-state index in [0.29, 0.717) is 22.0 Å². The molecule has 0 radical (unpaired) electrons. The molecule has 2 aromatic rings. The number of hydrogen-bond acceptors (Lipinski definition) is 3. The van der Waals surface area contributed by atoms with Gasteiger partial charge < -0.3 is 0 Å². The zero-order valence-corrected chi connectivity index (χ0v) is 12.2. The summed E-state index contributed by atoms with van der Waals surface area (Å²) in [6.07, 6.45) is 0. The number of aryl methyl sites for hydroxylation is 2. The lowest BCUT2D eigenvalue weighted by atomic mass is 10.1. The lowest BCUT2D eigenvalue weighted by Crippen LogP contribution is -2.09. The smallest absolute Gasteiger partial charge is 0.276 e. The van der Waals surface area contributed by atoms with Crippen LogP contribution in [0.3, 0.4) is 0 Å². The first-order chi connectivity index (χ1) is 8.93. The summed E-state index contributed by atoms with van der Waals surface area (Å²) in [6, 6.07) is 4.50. The summed E-state index contributed by atoms with van der Waals surface area (Å²) in [5.74, 6) is -0.469. The number of halogens is 2. The van der Waals surface area contributed by atoms with Crippen molar-refractivity contribution in [2.24, 2.45) is 0 Å². The second kappa shape index (κ2) is 5.40. The van der Waals surface area contributed by atoms with Crippen LogP contribution in [0.4, 0.5) is 4.39 Å². The molecule has 1 heterocycles. The van der Waals surface area contributed by atoms with Crippen LogP contribution in [0.5, 0.6) is 0 Å². The van der Waals surface area contributed by atoms with Gasteiger partial charge in [-0.15, -0.1) is 0 Å². The first-order valence-electron chi connectivity index (χ1n) is 5.43. The van der Waals surface area contributed by atoms with Gasteiger partial charge in [0.05, 0.1) is 18.5 Å². The van der Waals surface area contributed by atoms with Gasteiger partial charge in [0.1, 0.15) is 5.82 Å². The van der Waals surface area contributed by atoms with Crippen molar-refractivity contribution in [1.82, 2.24) is 9.19 Å². The van der Waals surface area contributed by atoms with Gasteiger partial charge in [0.15, 0.2) is 0 Å². The molecule has 4 nitrogen and oxygen atoms in total. The summed E-state index contributed by atoms with van der Waals surface area (Å²) < 4.78 is 31.3. The highest BCUT2D eigenvalue weighted by Gasteiger charge is 2.15. The second-order valence-corrected chi connectivity index (χ2v) is 5.53. The third-order valence-electron chi connectivity index (χ3n) is 2.65. The van der Waals surface area contributed by atoms with Gasteiger partial charge in [-0.05, 0) is 37.6 Å². The SMILES string of the molecule is COS(=O)n1nc(-c2cc(C)c(Cl)cc2F)cc1C. The average molecular weight is 303 g/mol. The minimum Gasteiger partial charge on any atom is -0.276 e. The molecule has 0 aliphatic carbocycles. The zero-order chi connectivity index (χ0) is 14.2. The standard InChI is InChI=1S/C12H12ClFN2O2S/c1-7-4-9(11(14)6-10(7)13)12-5-8(2)16(15-12)19(17)18-3/h4-6H,1-3H3. The summed E-state index contributed by atoms with van der Waals surface area (Å²) >= 11 is 4.13. The second-order valence-electron chi connectivity index (χ2n) is 4.01. The molecule has 0 aliphatic heterocycles. The van der Waals surface area contributed by atoms with Gasteiger partial charge in [0.25, 0.3) is 11.3 Å². The van der Waals surface area contributed by atoms with E-state index in [2.05, 4.69) is 5.10 Å². The summed E-state index contributed by atoms with van der Waals surface area (Å²) in [6.45, 7) is 3.50. The van der Waals surface area contributed by atoms with Crippen LogP contribution in [0.2, 0.25) is 5.02 Å². The molecule has 1 aromatic carbocycles. The maximum Gasteiger partial charge on any atom is 0.285 e. The van der Waals surface area contributed by atoms with Crippen LogP contribution in [-0.2, 0) is 15.4 Å². The number of aromatic nitrogens is 2. The number of benzene rings is 1. The fraction of sp³-hybridized carbons (Fsp3) is 0.250. The highest BCUT2D eigenvalue weighted by Crippen LogP contribution is 2.28. The summed E-state index contributed by atoms with van der Waals surface area (Å²) in [4.78, 5) is 0. The minimum absolute atomic E-state index is 0.317. The molecule has 19 heavy (non-hydrogen) atoms. The molecule has 7 heteroatoms. The van der Waals surface area contributed by atoms with E-state index in [4.69, 9.17) is 15.8 Å². The molecule has 1 unspecified atom stereocenters. The molecular weight excluding hydrogens is 291 g/mol. The lowest BCUT2D eigenvalue weighted by molar-refractivity contribution is 0.434. The van der Waals surface area contributed by atoms with Crippen LogP contribution in [0.15, 0.2) is 18.2 Å². The Kier molecular flexibility index (Phi) is 4.03. The molecule has 2 rings (SSSR count). The Balaban J connectivity index is 2.54. The normalized spacial score (nSPS) is 12.7. The predicted octanol–water partition coefficient (Wildman–Crippen LogP) is 3.03. The van der Waals surface area contributed by atoms with Gasteiger partial charge in [-0.1, -0.05) is 11.6 Å². The van der Waals surface area contributed by atoms with Crippen molar-refractivity contribution < 1.29 is 12.8 Å². The summed E-state index contributed by atoms with van der Waals surface area (Å²) in [7, 11) is 1.31. The predicted molar refractivity (Wildman–Crippen MR) is 72.7 cm³/mol. The van der Waals surface area contributed by atoms with Crippen molar-refractivity contribution in [3.05, 3.63) is 40.3 Å². The average Bonchev–Trinajstić information content (AvgIpc) is 2.75. The van der Waals surface area contributed by atoms with E-state index < -0.39 is 17.1 Å². The zero-order valence-electron chi connectivity index (χ0n) is 10.6. The first kappa shape index (κ1) is 14.2. The van der Waals surface area contributed by atoms with Crippen molar-refractivity contribution in [2.75, 3.05) is 7.11 Å². The van der Waals surface area contributed by atoms with E-state index in [-0.39, 0.29) is 0 Å². The third kappa shape index (κ3) is 2.70. The molecule has 0 fully saturated rings. The van der Waals surface area contributed by atoms with Crippen molar-refractivity contribution >= 4 is 22.9 Å². The first-order valence-corrected chi connectivity index (χ1v) is 6.84.